The molecular weight excluding hydrogens is 526 g/mol. The summed E-state index contributed by atoms with van der Waals surface area (Å²) in [5.74, 6) is 0.257. The van der Waals surface area contributed by atoms with Gasteiger partial charge in [-0.2, -0.15) is 0 Å². The number of rotatable bonds is 14. The molecule has 2 aromatic carbocycles. The van der Waals surface area contributed by atoms with Gasteiger partial charge in [-0.1, -0.05) is 31.9 Å². The number of nitrogens with zero attached hydrogens (tertiary/aromatic N) is 2. The standard InChI is InChI=1S/C32H36F2N4O3/c1-4-10-38(11-5-2)32(41)26-16-25(19-36-20-26)31(40)37-29(15-24-13-27(33)17-28(34)14-24)30(39)21-35-18-23-9-7-8-22(6-3)12-23/h3,7-9,12-14,16-17,19-20,29-30,35,39H,4-5,10-11,15,18,21H2,1-2H3,(H,37,40)/t29?,30-/m1/s1. The number of pyridine rings is 1. The molecule has 0 spiro atoms. The first-order valence-corrected chi connectivity index (χ1v) is 13.7. The van der Waals surface area contributed by atoms with E-state index in [9.17, 15) is 23.5 Å². The number of aliphatic hydroxyl groups excluding tert-OH is 1. The molecule has 0 bridgehead atoms. The Morgan fingerprint density at radius 3 is 2.34 bits per heavy atom. The molecule has 3 rings (SSSR count). The molecule has 0 saturated carbocycles. The van der Waals surface area contributed by atoms with E-state index in [1.165, 1.54) is 18.5 Å². The second-order valence-electron chi connectivity index (χ2n) is 9.86. The molecule has 1 aromatic heterocycles. The Labute approximate surface area is 240 Å². The van der Waals surface area contributed by atoms with Crippen LogP contribution in [0.15, 0.2) is 60.9 Å². The largest absolute Gasteiger partial charge is 0.390 e. The van der Waals surface area contributed by atoms with Crippen LogP contribution in [-0.2, 0) is 13.0 Å². The number of hydrogen-bond donors (Lipinski definition) is 3. The topological polar surface area (TPSA) is 94.6 Å². The van der Waals surface area contributed by atoms with Crippen molar-refractivity contribution >= 4 is 11.8 Å². The molecule has 0 radical (unpaired) electrons. The summed E-state index contributed by atoms with van der Waals surface area (Å²) in [6, 6.07) is 11.0. The van der Waals surface area contributed by atoms with Crippen LogP contribution < -0.4 is 10.6 Å². The second kappa shape index (κ2) is 15.6. The Morgan fingerprint density at radius 1 is 1.00 bits per heavy atom. The number of carbonyl (C=O) groups is 2. The number of benzene rings is 2. The van der Waals surface area contributed by atoms with Crippen molar-refractivity contribution < 1.29 is 23.5 Å². The molecule has 2 amide bonds. The molecule has 0 aliphatic heterocycles. The number of carbonyl (C=O) groups excluding carboxylic acids is 2. The molecule has 7 nitrogen and oxygen atoms in total. The van der Waals surface area contributed by atoms with Crippen LogP contribution in [0.2, 0.25) is 0 Å². The van der Waals surface area contributed by atoms with E-state index in [1.54, 1.807) is 4.90 Å². The highest BCUT2D eigenvalue weighted by molar-refractivity contribution is 5.99. The van der Waals surface area contributed by atoms with E-state index in [0.717, 1.165) is 42.2 Å². The summed E-state index contributed by atoms with van der Waals surface area (Å²) in [6.07, 6.45) is 8.64. The Balaban J connectivity index is 1.77. The highest BCUT2D eigenvalue weighted by Gasteiger charge is 2.24. The quantitative estimate of drug-likeness (QED) is 0.257. The lowest BCUT2D eigenvalue weighted by atomic mass is 10.00. The van der Waals surface area contributed by atoms with E-state index >= 15 is 0 Å². The van der Waals surface area contributed by atoms with E-state index in [-0.39, 0.29) is 35.6 Å². The molecule has 0 saturated heterocycles. The molecule has 0 aliphatic rings. The third kappa shape index (κ3) is 9.48. The van der Waals surface area contributed by atoms with Gasteiger partial charge in [0.25, 0.3) is 11.8 Å². The fourth-order valence-electron chi connectivity index (χ4n) is 4.51. The van der Waals surface area contributed by atoms with Crippen molar-refractivity contribution in [1.29, 1.82) is 0 Å². The lowest BCUT2D eigenvalue weighted by Crippen LogP contribution is -2.48. The minimum Gasteiger partial charge on any atom is -0.390 e. The monoisotopic (exact) mass is 562 g/mol. The molecule has 3 N–H and O–H groups in total. The first-order valence-electron chi connectivity index (χ1n) is 13.7. The molecule has 9 heteroatoms. The van der Waals surface area contributed by atoms with Crippen molar-refractivity contribution in [2.45, 2.75) is 51.8 Å². The van der Waals surface area contributed by atoms with E-state index in [4.69, 9.17) is 6.42 Å². The summed E-state index contributed by atoms with van der Waals surface area (Å²) in [5, 5.41) is 16.9. The molecule has 216 valence electrons. The van der Waals surface area contributed by atoms with Crippen LogP contribution in [0.4, 0.5) is 8.78 Å². The maximum absolute atomic E-state index is 13.9. The van der Waals surface area contributed by atoms with Crippen molar-refractivity contribution in [3.63, 3.8) is 0 Å². The molecule has 2 atom stereocenters. The molecule has 1 heterocycles. The van der Waals surface area contributed by atoms with Crippen LogP contribution in [0.1, 0.15) is 64.1 Å². The van der Waals surface area contributed by atoms with E-state index in [2.05, 4.69) is 21.5 Å². The SMILES string of the molecule is C#Cc1cccc(CNC[C@@H](O)C(Cc2cc(F)cc(F)c2)NC(=O)c2cncc(C(=O)N(CCC)CCC)c2)c1. The van der Waals surface area contributed by atoms with Crippen LogP contribution in [0.5, 0.6) is 0 Å². The first-order chi connectivity index (χ1) is 19.7. The summed E-state index contributed by atoms with van der Waals surface area (Å²) in [6.45, 7) is 5.61. The van der Waals surface area contributed by atoms with Crippen molar-refractivity contribution in [2.24, 2.45) is 0 Å². The summed E-state index contributed by atoms with van der Waals surface area (Å²) >= 11 is 0. The average Bonchev–Trinajstić information content (AvgIpc) is 2.96. The third-order valence-electron chi connectivity index (χ3n) is 6.46. The maximum Gasteiger partial charge on any atom is 0.255 e. The van der Waals surface area contributed by atoms with Gasteiger partial charge in [0, 0.05) is 50.2 Å². The van der Waals surface area contributed by atoms with Gasteiger partial charge in [0.15, 0.2) is 0 Å². The number of nitrogens with one attached hydrogen (secondary N) is 2. The van der Waals surface area contributed by atoms with Gasteiger partial charge >= 0.3 is 0 Å². The van der Waals surface area contributed by atoms with Crippen molar-refractivity contribution in [1.82, 2.24) is 20.5 Å². The summed E-state index contributed by atoms with van der Waals surface area (Å²) in [7, 11) is 0. The molecular formula is C32H36F2N4O3. The predicted octanol–water partition coefficient (Wildman–Crippen LogP) is 4.10. The van der Waals surface area contributed by atoms with Crippen LogP contribution in [-0.4, -0.2) is 58.6 Å². The second-order valence-corrected chi connectivity index (χ2v) is 9.86. The smallest absolute Gasteiger partial charge is 0.255 e. The summed E-state index contributed by atoms with van der Waals surface area (Å²) in [5.41, 5.74) is 2.31. The zero-order chi connectivity index (χ0) is 29.8. The van der Waals surface area contributed by atoms with Gasteiger partial charge in [-0.3, -0.25) is 14.6 Å². The van der Waals surface area contributed by atoms with Gasteiger partial charge in [0.2, 0.25) is 0 Å². The lowest BCUT2D eigenvalue weighted by Gasteiger charge is -2.25. The van der Waals surface area contributed by atoms with Gasteiger partial charge in [0.1, 0.15) is 11.6 Å². The average molecular weight is 563 g/mol. The molecule has 0 fully saturated rings. The van der Waals surface area contributed by atoms with Crippen LogP contribution >= 0.6 is 0 Å². The number of halogens is 2. The number of aromatic nitrogens is 1. The molecule has 1 unspecified atom stereocenters. The Hall–Kier alpha value is -4.13. The van der Waals surface area contributed by atoms with Crippen molar-refractivity contribution in [3.8, 4) is 12.3 Å². The lowest BCUT2D eigenvalue weighted by molar-refractivity contribution is 0.0755. The van der Waals surface area contributed by atoms with Crippen LogP contribution in [0.3, 0.4) is 0 Å². The normalized spacial score (nSPS) is 12.3. The maximum atomic E-state index is 13.9. The highest BCUT2D eigenvalue weighted by atomic mass is 19.1. The summed E-state index contributed by atoms with van der Waals surface area (Å²) < 4.78 is 27.8. The predicted molar refractivity (Wildman–Crippen MR) is 154 cm³/mol. The number of amides is 2. The number of hydrogen-bond acceptors (Lipinski definition) is 5. The van der Waals surface area contributed by atoms with Gasteiger partial charge < -0.3 is 20.6 Å². The molecule has 0 aliphatic carbocycles. The van der Waals surface area contributed by atoms with Crippen molar-refractivity contribution in [3.05, 3.63) is 100 Å². The minimum atomic E-state index is -1.12. The van der Waals surface area contributed by atoms with E-state index in [0.29, 0.717) is 19.6 Å². The van der Waals surface area contributed by atoms with Gasteiger partial charge in [-0.15, -0.1) is 6.42 Å². The highest BCUT2D eigenvalue weighted by Crippen LogP contribution is 2.14. The van der Waals surface area contributed by atoms with E-state index < -0.39 is 29.7 Å². The molecule has 3 aromatic rings. The van der Waals surface area contributed by atoms with E-state index in [1.807, 2.05) is 38.1 Å². The first kappa shape index (κ1) is 31.4. The molecule has 41 heavy (non-hydrogen) atoms. The number of aliphatic hydroxyl groups is 1. The Kier molecular flexibility index (Phi) is 11.9. The fourth-order valence-corrected chi connectivity index (χ4v) is 4.51. The van der Waals surface area contributed by atoms with Gasteiger partial charge in [-0.05, 0) is 60.7 Å². The third-order valence-corrected chi connectivity index (χ3v) is 6.46. The zero-order valence-electron chi connectivity index (χ0n) is 23.4. The fraction of sp³-hybridized carbons (Fsp3) is 0.344. The summed E-state index contributed by atoms with van der Waals surface area (Å²) in [4.78, 5) is 32.1. The number of terminal acetylenes is 1. The van der Waals surface area contributed by atoms with Crippen LogP contribution in [0.25, 0.3) is 0 Å². The van der Waals surface area contributed by atoms with Crippen LogP contribution in [0, 0.1) is 24.0 Å². The van der Waals surface area contributed by atoms with Gasteiger partial charge in [0.05, 0.1) is 23.3 Å². The van der Waals surface area contributed by atoms with Crippen molar-refractivity contribution in [2.75, 3.05) is 19.6 Å². The van der Waals surface area contributed by atoms with Gasteiger partial charge in [-0.25, -0.2) is 8.78 Å². The minimum absolute atomic E-state index is 0.0390. The Morgan fingerprint density at radius 2 is 1.68 bits per heavy atom. The Bertz CT molecular complexity index is 1350. The zero-order valence-corrected chi connectivity index (χ0v) is 23.4.